The van der Waals surface area contributed by atoms with Gasteiger partial charge in [0.1, 0.15) is 0 Å². The lowest BCUT2D eigenvalue weighted by Gasteiger charge is -2.13. The second-order valence-electron chi connectivity index (χ2n) is 27.3. The molecule has 0 saturated heterocycles. The Morgan fingerprint density at radius 3 is 0.424 bits per heavy atom. The van der Waals surface area contributed by atoms with E-state index in [1.807, 2.05) is 27.7 Å². The summed E-state index contributed by atoms with van der Waals surface area (Å²) in [5.41, 5.74) is 54.0. The smallest absolute Gasteiger partial charge is 0.0524 e. The predicted molar refractivity (Wildman–Crippen MR) is 420 cm³/mol. The van der Waals surface area contributed by atoms with Crippen molar-refractivity contribution < 1.29 is 0 Å². The largest absolute Gasteiger partial charge is 0.343 e. The van der Waals surface area contributed by atoms with Gasteiger partial charge in [0, 0.05) is 71.3 Å². The summed E-state index contributed by atoms with van der Waals surface area (Å²) in [6.45, 7) is 75.8. The quantitative estimate of drug-likeness (QED) is 0.144. The number of nitrogens with zero attached hydrogens (tertiary/aromatic N) is 4. The Balaban J connectivity index is 0.000000217. The van der Waals surface area contributed by atoms with E-state index >= 15 is 0 Å². The second kappa shape index (κ2) is 27.5. The van der Waals surface area contributed by atoms with Gasteiger partial charge < -0.3 is 18.3 Å². The van der Waals surface area contributed by atoms with Crippen molar-refractivity contribution in [2.24, 2.45) is 28.2 Å². The van der Waals surface area contributed by atoms with Crippen molar-refractivity contribution in [2.45, 2.75) is 250 Å². The highest BCUT2D eigenvalue weighted by Gasteiger charge is 2.26. The Morgan fingerprint density at radius 1 is 0.152 bits per heavy atom. The fraction of sp³-hybridized carbons (Fsp3) is 0.455. The van der Waals surface area contributed by atoms with E-state index < -0.39 is 0 Å². The van der Waals surface area contributed by atoms with E-state index in [2.05, 4.69) is 266 Å². The van der Waals surface area contributed by atoms with E-state index in [1.54, 1.807) is 0 Å². The molecule has 92 heavy (non-hydrogen) atoms. The molecule has 0 aliphatic heterocycles. The first-order valence-corrected chi connectivity index (χ1v) is 33.7. The number of benzene rings is 8. The number of rotatable bonds is 0. The summed E-state index contributed by atoms with van der Waals surface area (Å²) >= 11 is 0. The summed E-state index contributed by atoms with van der Waals surface area (Å²) in [4.78, 5) is 0. The lowest BCUT2D eigenvalue weighted by Crippen LogP contribution is -1.97. The van der Waals surface area contributed by atoms with Crippen LogP contribution in [0.2, 0.25) is 0 Å². The molecule has 4 heteroatoms. The van der Waals surface area contributed by atoms with E-state index in [9.17, 15) is 0 Å². The van der Waals surface area contributed by atoms with Gasteiger partial charge in [0.15, 0.2) is 0 Å². The van der Waals surface area contributed by atoms with Crippen LogP contribution in [-0.2, 0) is 28.2 Å². The Bertz CT molecular complexity index is 4510. The molecular weight excluding hydrogens is 1110 g/mol. The molecule has 0 fully saturated rings. The summed E-state index contributed by atoms with van der Waals surface area (Å²) in [6.07, 6.45) is 0. The van der Waals surface area contributed by atoms with Crippen molar-refractivity contribution in [3.8, 4) is 0 Å². The van der Waals surface area contributed by atoms with E-state index in [1.165, 1.54) is 254 Å². The predicted octanol–water partition coefficient (Wildman–Crippen LogP) is 25.9. The molecule has 0 aliphatic carbocycles. The Morgan fingerprint density at radius 2 is 0.272 bits per heavy atom. The maximum Gasteiger partial charge on any atom is 0.0524 e. The van der Waals surface area contributed by atoms with E-state index in [4.69, 9.17) is 0 Å². The third-order valence-electron chi connectivity index (χ3n) is 23.6. The summed E-state index contributed by atoms with van der Waals surface area (Å²) < 4.78 is 9.67. The molecule has 12 rings (SSSR count). The van der Waals surface area contributed by atoms with Crippen molar-refractivity contribution in [1.29, 1.82) is 0 Å². The van der Waals surface area contributed by atoms with Crippen LogP contribution in [0.1, 0.15) is 209 Å². The molecule has 4 nitrogen and oxygen atoms in total. The van der Waals surface area contributed by atoms with Crippen LogP contribution in [0, 0.1) is 208 Å². The summed E-state index contributed by atoms with van der Waals surface area (Å²) in [5, 5.41) is 11.6. The van der Waals surface area contributed by atoms with Gasteiger partial charge in [-0.1, -0.05) is 54.7 Å². The SMILES string of the molecule is C.C.CC.CC.Cc1c(C)c(C)c2c(c1C)c1c(C)c(C)c(C)c(C)c1n2C.Cc1c(C)c(C)c2c(c1C)c1c(C)c(C)c(C)c(C)c1n2C.Cc1cc(C)c2c3c(C)c(C)c(C)c(C)c3n(C)c2c1C.Cc1cc(C)c2c3c(C)c(C)c(C)c(C)c3n(C)c2c1C. The zero-order valence-corrected chi connectivity index (χ0v) is 63.9. The first-order chi connectivity index (χ1) is 41.9. The molecule has 0 aliphatic rings. The standard InChI is InChI=1S/2C21H27N.2C20H25N.2C2H6.2CH4/c2*1-10-12(3)16(7)20-18(14(10)5)19-15(6)11(2)13(4)17(8)21(19)22(20)9;2*1-10-9-11(2)17-18-15(6)13(4)14(5)16(7)20(18)21(8)19(17)12(10)3;2*1-2;;/h2*1-9H3;2*9H,1-8H3;2*1-2H3;2*1H4. The van der Waals surface area contributed by atoms with Crippen molar-refractivity contribution in [3.05, 3.63) is 179 Å². The minimum absolute atomic E-state index is 0. The first-order valence-electron chi connectivity index (χ1n) is 33.7. The molecule has 0 amide bonds. The normalized spacial score (nSPS) is 11.2. The number of hydrogen-bond donors (Lipinski definition) is 0. The zero-order chi connectivity index (χ0) is 68.3. The van der Waals surface area contributed by atoms with Crippen molar-refractivity contribution in [3.63, 3.8) is 0 Å². The highest BCUT2D eigenvalue weighted by molar-refractivity contribution is 6.17. The molecular formula is C88H124N4. The lowest BCUT2D eigenvalue weighted by atomic mass is 9.90. The number of aromatic nitrogens is 4. The molecule has 496 valence electrons. The van der Waals surface area contributed by atoms with Gasteiger partial charge in [-0.05, 0) is 375 Å². The van der Waals surface area contributed by atoms with Crippen LogP contribution in [0.15, 0.2) is 12.1 Å². The van der Waals surface area contributed by atoms with Crippen LogP contribution in [0.4, 0.5) is 0 Å². The van der Waals surface area contributed by atoms with Crippen LogP contribution in [-0.4, -0.2) is 18.3 Å². The molecule has 8 aromatic carbocycles. The molecule has 0 radical (unpaired) electrons. The van der Waals surface area contributed by atoms with Crippen molar-refractivity contribution >= 4 is 87.2 Å². The average molecular weight is 1240 g/mol. The molecule has 0 spiro atoms. The molecule has 0 unspecified atom stereocenters. The lowest BCUT2D eigenvalue weighted by molar-refractivity contribution is 0.994. The minimum atomic E-state index is 0. The van der Waals surface area contributed by atoms with Gasteiger partial charge in [-0.2, -0.15) is 0 Å². The Hall–Kier alpha value is -7.04. The van der Waals surface area contributed by atoms with Crippen molar-refractivity contribution in [1.82, 2.24) is 18.3 Å². The van der Waals surface area contributed by atoms with Gasteiger partial charge >= 0.3 is 0 Å². The van der Waals surface area contributed by atoms with Gasteiger partial charge in [0.05, 0.1) is 44.1 Å². The summed E-state index contributed by atoms with van der Waals surface area (Å²) in [5.74, 6) is 0. The van der Waals surface area contributed by atoms with Gasteiger partial charge in [-0.15, -0.1) is 0 Å². The average Bonchev–Trinajstić information content (AvgIpc) is 1.59. The fourth-order valence-corrected chi connectivity index (χ4v) is 16.2. The van der Waals surface area contributed by atoms with Crippen LogP contribution < -0.4 is 0 Å². The molecule has 0 bridgehead atoms. The van der Waals surface area contributed by atoms with Gasteiger partial charge in [-0.3, -0.25) is 0 Å². The maximum absolute atomic E-state index is 2.42. The summed E-state index contributed by atoms with van der Waals surface area (Å²) in [7, 11) is 8.90. The Labute approximate surface area is 559 Å². The van der Waals surface area contributed by atoms with Crippen molar-refractivity contribution in [2.75, 3.05) is 0 Å². The Kier molecular flexibility index (Phi) is 22.6. The van der Waals surface area contributed by atoms with Crippen LogP contribution in [0.5, 0.6) is 0 Å². The molecule has 4 heterocycles. The summed E-state index contributed by atoms with van der Waals surface area (Å²) in [6, 6.07) is 4.67. The monoisotopic (exact) mass is 1240 g/mol. The van der Waals surface area contributed by atoms with E-state index in [0.717, 1.165) is 0 Å². The van der Waals surface area contributed by atoms with E-state index in [-0.39, 0.29) is 14.9 Å². The first kappa shape index (κ1) is 75.7. The molecule has 4 aromatic heterocycles. The minimum Gasteiger partial charge on any atom is -0.343 e. The topological polar surface area (TPSA) is 19.7 Å². The third-order valence-corrected chi connectivity index (χ3v) is 23.6. The van der Waals surface area contributed by atoms with Crippen LogP contribution in [0.25, 0.3) is 87.2 Å². The highest BCUT2D eigenvalue weighted by Crippen LogP contribution is 2.45. The fourth-order valence-electron chi connectivity index (χ4n) is 16.2. The van der Waals surface area contributed by atoms with Gasteiger partial charge in [0.25, 0.3) is 0 Å². The van der Waals surface area contributed by atoms with E-state index in [0.29, 0.717) is 0 Å². The second-order valence-corrected chi connectivity index (χ2v) is 27.3. The van der Waals surface area contributed by atoms with Gasteiger partial charge in [-0.25, -0.2) is 0 Å². The number of hydrogen-bond acceptors (Lipinski definition) is 0. The maximum atomic E-state index is 2.42. The molecule has 0 atom stereocenters. The van der Waals surface area contributed by atoms with Crippen LogP contribution in [0.3, 0.4) is 0 Å². The number of aryl methyl sites for hydroxylation is 22. The number of fused-ring (bicyclic) bond motifs is 12. The molecule has 0 N–H and O–H groups in total. The molecule has 12 aromatic rings. The van der Waals surface area contributed by atoms with Gasteiger partial charge in [0.2, 0.25) is 0 Å². The van der Waals surface area contributed by atoms with Crippen LogP contribution >= 0.6 is 0 Å². The highest BCUT2D eigenvalue weighted by atomic mass is 15.0. The molecule has 0 saturated carbocycles. The zero-order valence-electron chi connectivity index (χ0n) is 63.9. The third kappa shape index (κ3) is 11.0.